The predicted molar refractivity (Wildman–Crippen MR) is 61.2 cm³/mol. The number of hydrogen-bond donors (Lipinski definition) is 1. The van der Waals surface area contributed by atoms with Crippen LogP contribution in [0.1, 0.15) is 28.9 Å². The third-order valence-corrected chi connectivity index (χ3v) is 2.24. The molecule has 0 unspecified atom stereocenters. The molecule has 0 atom stereocenters. The summed E-state index contributed by atoms with van der Waals surface area (Å²) in [4.78, 5) is 15.4. The van der Waals surface area contributed by atoms with Gasteiger partial charge in [0.1, 0.15) is 11.8 Å². The number of rotatable bonds is 5. The zero-order chi connectivity index (χ0) is 11.8. The van der Waals surface area contributed by atoms with Crippen LogP contribution < -0.4 is 5.32 Å². The van der Waals surface area contributed by atoms with Crippen molar-refractivity contribution >= 4 is 17.5 Å². The Morgan fingerprint density at radius 3 is 2.88 bits per heavy atom. The van der Waals surface area contributed by atoms with E-state index in [4.69, 9.17) is 16.9 Å². The Bertz CT molecular complexity index is 383. The lowest BCUT2D eigenvalue weighted by atomic mass is 10.2. The molecule has 1 aromatic heterocycles. The SMILES string of the molecule is N#Cc1ccc(C(=O)NCCCCCl)nc1. The largest absolute Gasteiger partial charge is 0.351 e. The summed E-state index contributed by atoms with van der Waals surface area (Å²) in [7, 11) is 0. The van der Waals surface area contributed by atoms with Gasteiger partial charge in [-0.2, -0.15) is 5.26 Å². The van der Waals surface area contributed by atoms with Gasteiger partial charge in [-0.1, -0.05) is 0 Å². The van der Waals surface area contributed by atoms with Crippen molar-refractivity contribution in [2.45, 2.75) is 12.8 Å². The Kier molecular flexibility index (Phi) is 5.30. The normalized spacial score (nSPS) is 9.50. The number of unbranched alkanes of at least 4 members (excludes halogenated alkanes) is 1. The molecular weight excluding hydrogens is 226 g/mol. The number of nitrogens with zero attached hydrogens (tertiary/aromatic N) is 2. The quantitative estimate of drug-likeness (QED) is 0.626. The molecule has 0 fully saturated rings. The van der Waals surface area contributed by atoms with Crippen molar-refractivity contribution in [1.82, 2.24) is 10.3 Å². The van der Waals surface area contributed by atoms with Crippen LogP contribution in [0.5, 0.6) is 0 Å². The van der Waals surface area contributed by atoms with E-state index in [1.807, 2.05) is 6.07 Å². The molecule has 1 heterocycles. The summed E-state index contributed by atoms with van der Waals surface area (Å²) in [6.07, 6.45) is 3.11. The van der Waals surface area contributed by atoms with Gasteiger partial charge in [0.05, 0.1) is 5.56 Å². The highest BCUT2D eigenvalue weighted by atomic mass is 35.5. The number of carbonyl (C=O) groups excluding carboxylic acids is 1. The van der Waals surface area contributed by atoms with Crippen LogP contribution in [-0.4, -0.2) is 23.3 Å². The van der Waals surface area contributed by atoms with Gasteiger partial charge in [-0.15, -0.1) is 11.6 Å². The number of aromatic nitrogens is 1. The van der Waals surface area contributed by atoms with Crippen molar-refractivity contribution in [2.75, 3.05) is 12.4 Å². The lowest BCUT2D eigenvalue weighted by Gasteiger charge is -2.03. The van der Waals surface area contributed by atoms with Crippen molar-refractivity contribution in [1.29, 1.82) is 5.26 Å². The number of nitrogens with one attached hydrogen (secondary N) is 1. The molecule has 0 saturated heterocycles. The maximum Gasteiger partial charge on any atom is 0.269 e. The van der Waals surface area contributed by atoms with E-state index in [9.17, 15) is 4.79 Å². The number of alkyl halides is 1. The fourth-order valence-electron chi connectivity index (χ4n) is 1.11. The van der Waals surface area contributed by atoms with Crippen LogP contribution in [0.25, 0.3) is 0 Å². The molecule has 0 spiro atoms. The number of hydrogen-bond acceptors (Lipinski definition) is 3. The first-order valence-electron chi connectivity index (χ1n) is 4.98. The Morgan fingerprint density at radius 2 is 2.31 bits per heavy atom. The first kappa shape index (κ1) is 12.5. The van der Waals surface area contributed by atoms with Gasteiger partial charge in [0.25, 0.3) is 5.91 Å². The molecule has 5 heteroatoms. The molecule has 0 aromatic carbocycles. The fourth-order valence-corrected chi connectivity index (χ4v) is 1.30. The van der Waals surface area contributed by atoms with E-state index in [2.05, 4.69) is 10.3 Å². The molecule has 1 aromatic rings. The van der Waals surface area contributed by atoms with E-state index in [1.54, 1.807) is 6.07 Å². The van der Waals surface area contributed by atoms with Gasteiger partial charge in [-0.05, 0) is 25.0 Å². The zero-order valence-corrected chi connectivity index (χ0v) is 9.50. The fraction of sp³-hybridized carbons (Fsp3) is 0.364. The minimum absolute atomic E-state index is 0.223. The van der Waals surface area contributed by atoms with Gasteiger partial charge < -0.3 is 5.32 Å². The molecule has 84 valence electrons. The predicted octanol–water partition coefficient (Wildman–Crippen LogP) is 1.70. The maximum absolute atomic E-state index is 11.5. The smallest absolute Gasteiger partial charge is 0.269 e. The van der Waals surface area contributed by atoms with Crippen LogP contribution in [0.2, 0.25) is 0 Å². The summed E-state index contributed by atoms with van der Waals surface area (Å²) < 4.78 is 0. The first-order chi connectivity index (χ1) is 7.77. The molecule has 0 aliphatic heterocycles. The highest BCUT2D eigenvalue weighted by molar-refractivity contribution is 6.17. The lowest BCUT2D eigenvalue weighted by Crippen LogP contribution is -2.25. The summed E-state index contributed by atoms with van der Waals surface area (Å²) in [5, 5.41) is 11.3. The number of nitriles is 1. The molecule has 1 amide bonds. The molecule has 16 heavy (non-hydrogen) atoms. The molecule has 0 bridgehead atoms. The van der Waals surface area contributed by atoms with E-state index in [1.165, 1.54) is 12.3 Å². The second-order valence-corrected chi connectivity index (χ2v) is 3.57. The van der Waals surface area contributed by atoms with Gasteiger partial charge in [0.15, 0.2) is 0 Å². The summed E-state index contributed by atoms with van der Waals surface area (Å²) >= 11 is 5.51. The average molecular weight is 238 g/mol. The van der Waals surface area contributed by atoms with Crippen LogP contribution >= 0.6 is 11.6 Å². The standard InChI is InChI=1S/C11H12ClN3O/c12-5-1-2-6-14-11(16)10-4-3-9(7-13)8-15-10/h3-4,8H,1-2,5-6H2,(H,14,16). The first-order valence-corrected chi connectivity index (χ1v) is 5.51. The monoisotopic (exact) mass is 237 g/mol. The minimum atomic E-state index is -0.223. The van der Waals surface area contributed by atoms with E-state index in [-0.39, 0.29) is 5.91 Å². The topological polar surface area (TPSA) is 65.8 Å². The summed E-state index contributed by atoms with van der Waals surface area (Å²) in [5.74, 6) is 0.379. The van der Waals surface area contributed by atoms with Crippen molar-refractivity contribution < 1.29 is 4.79 Å². The summed E-state index contributed by atoms with van der Waals surface area (Å²) in [6.45, 7) is 0.591. The van der Waals surface area contributed by atoms with E-state index in [0.717, 1.165) is 12.8 Å². The van der Waals surface area contributed by atoms with Crippen molar-refractivity contribution in [3.63, 3.8) is 0 Å². The van der Waals surface area contributed by atoms with Crippen molar-refractivity contribution in [3.05, 3.63) is 29.6 Å². The zero-order valence-electron chi connectivity index (χ0n) is 8.74. The highest BCUT2D eigenvalue weighted by Gasteiger charge is 2.05. The van der Waals surface area contributed by atoms with E-state index in [0.29, 0.717) is 23.7 Å². The van der Waals surface area contributed by atoms with Crippen LogP contribution in [0.4, 0.5) is 0 Å². The molecular formula is C11H12ClN3O. The Hall–Kier alpha value is -1.60. The second-order valence-electron chi connectivity index (χ2n) is 3.20. The lowest BCUT2D eigenvalue weighted by molar-refractivity contribution is 0.0948. The average Bonchev–Trinajstić information content (AvgIpc) is 2.34. The van der Waals surface area contributed by atoms with Crippen LogP contribution in [0.3, 0.4) is 0 Å². The van der Waals surface area contributed by atoms with Crippen molar-refractivity contribution in [3.8, 4) is 6.07 Å². The number of carbonyl (C=O) groups is 1. The number of amides is 1. The Morgan fingerprint density at radius 1 is 1.50 bits per heavy atom. The van der Waals surface area contributed by atoms with Gasteiger partial charge in [0, 0.05) is 18.6 Å². The minimum Gasteiger partial charge on any atom is -0.351 e. The molecule has 0 saturated carbocycles. The van der Waals surface area contributed by atoms with Crippen LogP contribution in [0, 0.1) is 11.3 Å². The second kappa shape index (κ2) is 6.81. The van der Waals surface area contributed by atoms with E-state index < -0.39 is 0 Å². The van der Waals surface area contributed by atoms with Gasteiger partial charge >= 0.3 is 0 Å². The van der Waals surface area contributed by atoms with Crippen molar-refractivity contribution in [2.24, 2.45) is 0 Å². The molecule has 0 radical (unpaired) electrons. The molecule has 1 N–H and O–H groups in total. The van der Waals surface area contributed by atoms with Crippen LogP contribution in [0.15, 0.2) is 18.3 Å². The summed E-state index contributed by atoms with van der Waals surface area (Å²) in [6, 6.07) is 5.05. The van der Waals surface area contributed by atoms with Gasteiger partial charge in [0.2, 0.25) is 0 Å². The van der Waals surface area contributed by atoms with E-state index >= 15 is 0 Å². The maximum atomic E-state index is 11.5. The summed E-state index contributed by atoms with van der Waals surface area (Å²) in [5.41, 5.74) is 0.767. The van der Waals surface area contributed by atoms with Gasteiger partial charge in [-0.3, -0.25) is 4.79 Å². The molecule has 1 rings (SSSR count). The third kappa shape index (κ3) is 3.87. The number of halogens is 1. The number of pyridine rings is 1. The molecule has 4 nitrogen and oxygen atoms in total. The molecule has 0 aliphatic rings. The molecule has 0 aliphatic carbocycles. The third-order valence-electron chi connectivity index (χ3n) is 1.97. The van der Waals surface area contributed by atoms with Gasteiger partial charge in [-0.25, -0.2) is 4.98 Å². The van der Waals surface area contributed by atoms with Crippen LogP contribution in [-0.2, 0) is 0 Å². The highest BCUT2D eigenvalue weighted by Crippen LogP contribution is 1.99. The Balaban J connectivity index is 2.44. The Labute approximate surface area is 99.2 Å².